The van der Waals surface area contributed by atoms with Crippen LogP contribution in [-0.4, -0.2) is 50.2 Å². The van der Waals surface area contributed by atoms with Gasteiger partial charge in [-0.15, -0.1) is 0 Å². The monoisotopic (exact) mass is 386 g/mol. The fourth-order valence-corrected chi connectivity index (χ4v) is 3.44. The number of nitrogens with one attached hydrogen (secondary N) is 1. The van der Waals surface area contributed by atoms with Crippen LogP contribution in [0.2, 0.25) is 0 Å². The number of likely N-dealkylation sites (N-methyl/N-ethyl adjacent to an activating group) is 1. The fraction of sp³-hybridized carbons (Fsp3) is 0.611. The molecule has 7 nitrogen and oxygen atoms in total. The van der Waals surface area contributed by atoms with Gasteiger partial charge in [0.15, 0.2) is 0 Å². The quantitative estimate of drug-likeness (QED) is 0.779. The lowest BCUT2D eigenvalue weighted by atomic mass is 10.2. The molecule has 1 N–H and O–H groups in total. The molecule has 0 fully saturated rings. The molecule has 0 aliphatic heterocycles. The highest BCUT2D eigenvalue weighted by molar-refractivity contribution is 7.89. The first kappa shape index (κ1) is 22.2. The summed E-state index contributed by atoms with van der Waals surface area (Å²) in [7, 11) is -2.19. The van der Waals surface area contributed by atoms with Crippen molar-refractivity contribution in [1.82, 2.24) is 9.62 Å². The molecule has 1 rings (SSSR count). The lowest BCUT2D eigenvalue weighted by molar-refractivity contribution is 0.0504. The van der Waals surface area contributed by atoms with E-state index in [0.717, 1.165) is 0 Å². The number of rotatable bonds is 7. The van der Waals surface area contributed by atoms with Crippen molar-refractivity contribution >= 4 is 16.1 Å². The van der Waals surface area contributed by atoms with Crippen LogP contribution in [0.5, 0.6) is 5.75 Å². The van der Waals surface area contributed by atoms with Gasteiger partial charge in [-0.05, 0) is 65.8 Å². The summed E-state index contributed by atoms with van der Waals surface area (Å²) in [5.74, 6) is 0.613. The van der Waals surface area contributed by atoms with E-state index in [0.29, 0.717) is 5.75 Å². The van der Waals surface area contributed by atoms with E-state index in [9.17, 15) is 13.2 Å². The van der Waals surface area contributed by atoms with Gasteiger partial charge in [0.25, 0.3) is 0 Å². The molecule has 0 aliphatic carbocycles. The van der Waals surface area contributed by atoms with Gasteiger partial charge in [0.2, 0.25) is 10.0 Å². The molecule has 26 heavy (non-hydrogen) atoms. The minimum Gasteiger partial charge on any atom is -0.491 e. The Morgan fingerprint density at radius 2 is 1.69 bits per heavy atom. The van der Waals surface area contributed by atoms with E-state index in [1.54, 1.807) is 39.8 Å². The number of ether oxygens (including phenoxy) is 2. The molecule has 1 aromatic rings. The molecule has 0 bridgehead atoms. The molecule has 0 aliphatic rings. The Labute approximate surface area is 156 Å². The van der Waals surface area contributed by atoms with Gasteiger partial charge in [0, 0.05) is 19.6 Å². The first-order valence-electron chi connectivity index (χ1n) is 8.54. The van der Waals surface area contributed by atoms with Crippen LogP contribution in [0.25, 0.3) is 0 Å². The summed E-state index contributed by atoms with van der Waals surface area (Å²) in [6, 6.07) is 5.87. The van der Waals surface area contributed by atoms with Crippen molar-refractivity contribution in [2.45, 2.75) is 64.2 Å². The van der Waals surface area contributed by atoms with E-state index in [-0.39, 0.29) is 17.5 Å². The smallest absolute Gasteiger partial charge is 0.407 e. The van der Waals surface area contributed by atoms with Crippen molar-refractivity contribution in [3.8, 4) is 5.75 Å². The van der Waals surface area contributed by atoms with E-state index < -0.39 is 27.8 Å². The molecule has 0 aromatic heterocycles. The topological polar surface area (TPSA) is 84.9 Å². The molecule has 1 amide bonds. The minimum absolute atomic E-state index is 0.0138. The van der Waals surface area contributed by atoms with E-state index in [2.05, 4.69) is 5.32 Å². The van der Waals surface area contributed by atoms with Gasteiger partial charge in [-0.3, -0.25) is 0 Å². The van der Waals surface area contributed by atoms with Crippen LogP contribution < -0.4 is 10.1 Å². The maximum Gasteiger partial charge on any atom is 0.407 e. The predicted molar refractivity (Wildman–Crippen MR) is 101 cm³/mol. The molecule has 0 saturated carbocycles. The number of sulfonamides is 1. The summed E-state index contributed by atoms with van der Waals surface area (Å²) >= 11 is 0. The van der Waals surface area contributed by atoms with Gasteiger partial charge in [-0.2, -0.15) is 4.31 Å². The van der Waals surface area contributed by atoms with Gasteiger partial charge in [-0.1, -0.05) is 0 Å². The molecule has 0 saturated heterocycles. The van der Waals surface area contributed by atoms with Gasteiger partial charge < -0.3 is 14.8 Å². The van der Waals surface area contributed by atoms with Gasteiger partial charge >= 0.3 is 6.09 Å². The molecule has 0 radical (unpaired) electrons. The van der Waals surface area contributed by atoms with Crippen molar-refractivity contribution < 1.29 is 22.7 Å². The van der Waals surface area contributed by atoms with E-state index in [4.69, 9.17) is 9.47 Å². The van der Waals surface area contributed by atoms with Crippen LogP contribution >= 0.6 is 0 Å². The Kier molecular flexibility index (Phi) is 7.46. The highest BCUT2D eigenvalue weighted by atomic mass is 32.2. The van der Waals surface area contributed by atoms with Crippen molar-refractivity contribution in [2.24, 2.45) is 0 Å². The van der Waals surface area contributed by atoms with Crippen LogP contribution in [0.15, 0.2) is 29.2 Å². The van der Waals surface area contributed by atoms with Gasteiger partial charge in [0.1, 0.15) is 11.4 Å². The average Bonchev–Trinajstić information content (AvgIpc) is 2.44. The molecular formula is C18H30N2O5S. The summed E-state index contributed by atoms with van der Waals surface area (Å²) in [5.41, 5.74) is -0.610. The van der Waals surface area contributed by atoms with Gasteiger partial charge in [-0.25, -0.2) is 13.2 Å². The van der Waals surface area contributed by atoms with Crippen LogP contribution in [0.4, 0.5) is 4.79 Å². The number of amides is 1. The molecule has 1 aromatic carbocycles. The number of hydrogen-bond acceptors (Lipinski definition) is 5. The zero-order chi connectivity index (χ0) is 20.1. The lowest BCUT2D eigenvalue weighted by Gasteiger charge is -2.24. The summed E-state index contributed by atoms with van der Waals surface area (Å²) < 4.78 is 37.2. The van der Waals surface area contributed by atoms with Crippen LogP contribution in [0.3, 0.4) is 0 Å². The van der Waals surface area contributed by atoms with Gasteiger partial charge in [0.05, 0.1) is 11.0 Å². The zero-order valence-electron chi connectivity index (χ0n) is 16.6. The third-order valence-electron chi connectivity index (χ3n) is 3.20. The van der Waals surface area contributed by atoms with Crippen molar-refractivity contribution in [2.75, 3.05) is 13.6 Å². The van der Waals surface area contributed by atoms with E-state index in [1.165, 1.54) is 23.5 Å². The van der Waals surface area contributed by atoms with Crippen LogP contribution in [-0.2, 0) is 14.8 Å². The maximum atomic E-state index is 12.7. The normalized spacial score (nSPS) is 13.6. The summed E-state index contributed by atoms with van der Waals surface area (Å²) in [5, 5.41) is 2.63. The van der Waals surface area contributed by atoms with Crippen molar-refractivity contribution in [3.63, 3.8) is 0 Å². The van der Waals surface area contributed by atoms with Crippen LogP contribution in [0.1, 0.15) is 41.5 Å². The summed E-state index contributed by atoms with van der Waals surface area (Å²) in [6.45, 7) is 10.9. The molecule has 1 atom stereocenters. The lowest BCUT2D eigenvalue weighted by Crippen LogP contribution is -2.44. The Balaban J connectivity index is 2.72. The maximum absolute atomic E-state index is 12.7. The number of carbonyl (C=O) groups is 1. The second-order valence-corrected chi connectivity index (χ2v) is 9.52. The second kappa shape index (κ2) is 8.73. The standard InChI is InChI=1S/C18H30N2O5S/c1-13(2)24-15-8-10-16(11-9-15)26(22,23)20(7)12-14(3)19-17(21)25-18(4,5)6/h8-11,13-14H,12H2,1-7H3,(H,19,21)/t14-/m1/s1. The Hall–Kier alpha value is -1.80. The second-order valence-electron chi connectivity index (χ2n) is 7.47. The molecule has 8 heteroatoms. The zero-order valence-corrected chi connectivity index (χ0v) is 17.4. The van der Waals surface area contributed by atoms with E-state index in [1.807, 2.05) is 13.8 Å². The third kappa shape index (κ3) is 7.21. The highest BCUT2D eigenvalue weighted by Crippen LogP contribution is 2.20. The SMILES string of the molecule is CC(C)Oc1ccc(S(=O)(=O)N(C)C[C@@H](C)NC(=O)OC(C)(C)C)cc1. The molecule has 0 unspecified atom stereocenters. The van der Waals surface area contributed by atoms with E-state index >= 15 is 0 Å². The summed E-state index contributed by atoms with van der Waals surface area (Å²) in [6.07, 6.45) is -0.564. The largest absolute Gasteiger partial charge is 0.491 e. The average molecular weight is 387 g/mol. The van der Waals surface area contributed by atoms with Crippen molar-refractivity contribution in [1.29, 1.82) is 0 Å². The highest BCUT2D eigenvalue weighted by Gasteiger charge is 2.24. The Morgan fingerprint density at radius 1 is 1.15 bits per heavy atom. The Morgan fingerprint density at radius 3 is 2.15 bits per heavy atom. The number of nitrogens with zero attached hydrogens (tertiary/aromatic N) is 1. The number of hydrogen-bond donors (Lipinski definition) is 1. The number of carbonyl (C=O) groups excluding carboxylic acids is 1. The number of alkyl carbamates (subject to hydrolysis) is 1. The predicted octanol–water partition coefficient (Wildman–Crippen LogP) is 3.01. The molecule has 0 heterocycles. The third-order valence-corrected chi connectivity index (χ3v) is 5.04. The summed E-state index contributed by atoms with van der Waals surface area (Å²) in [4.78, 5) is 11.9. The van der Waals surface area contributed by atoms with Crippen LogP contribution in [0, 0.1) is 0 Å². The minimum atomic E-state index is -3.66. The number of benzene rings is 1. The van der Waals surface area contributed by atoms with Crippen molar-refractivity contribution in [3.05, 3.63) is 24.3 Å². The first-order chi connectivity index (χ1) is 11.8. The molecular weight excluding hydrogens is 356 g/mol. The Bertz CT molecular complexity index is 693. The molecule has 0 spiro atoms. The molecule has 148 valence electrons. The first-order valence-corrected chi connectivity index (χ1v) is 9.98. The fourth-order valence-electron chi connectivity index (χ4n) is 2.18.